The van der Waals surface area contributed by atoms with Crippen molar-refractivity contribution in [3.8, 4) is 22.6 Å². The van der Waals surface area contributed by atoms with E-state index in [-0.39, 0.29) is 42.6 Å². The fraction of sp³-hybridized carbons (Fsp3) is 0.490. The van der Waals surface area contributed by atoms with E-state index in [1.807, 2.05) is 68.4 Å². The standard InChI is InChI=1S/C51H50F11NO6/c1-3-4-22-63(46(65)67-28-39-35-12-7-5-10-33(35)34-11-6-8-13-36(34)39)45(64)44-41(52)26-31(27-42(44)53)69-30-15-17-32-29(25-30)14-16-38-37(32)20-21-47(2)40(38)18-19-43(47)66-23-9-24-68-48(49(54,55)56,50(57,58)59)51(60,61)62/h5-8,10-13,15,17,25-27,37-40,43H,3-4,9,14,16,18-24,28H2,1-2H3/t37-,38-,40+,43+,47+/m1/s1. The average Bonchev–Trinajstić information content (AvgIpc) is 3.79. The van der Waals surface area contributed by atoms with E-state index in [4.69, 9.17) is 14.2 Å². The first kappa shape index (κ1) is 50.2. The van der Waals surface area contributed by atoms with Crippen molar-refractivity contribution >= 4 is 12.0 Å². The van der Waals surface area contributed by atoms with E-state index >= 15 is 8.78 Å². The molecule has 0 unspecified atom stereocenters. The molecule has 4 aliphatic rings. The summed E-state index contributed by atoms with van der Waals surface area (Å²) in [6, 6.07) is 22.6. The molecule has 0 heterocycles. The van der Waals surface area contributed by atoms with Gasteiger partial charge in [0.15, 0.2) is 0 Å². The van der Waals surface area contributed by atoms with Crippen LogP contribution in [0.3, 0.4) is 0 Å². The molecule has 7 nitrogen and oxygen atoms in total. The summed E-state index contributed by atoms with van der Waals surface area (Å²) in [6.07, 6.45) is -17.5. The minimum Gasteiger partial charge on any atom is -0.457 e. The molecular formula is C51H50F11NO6. The number of fused-ring (bicyclic) bond motifs is 8. The molecule has 0 radical (unpaired) electrons. The van der Waals surface area contributed by atoms with Crippen LogP contribution in [0.1, 0.15) is 110 Å². The number of amides is 2. The lowest BCUT2D eigenvalue weighted by Gasteiger charge is -2.50. The second-order valence-electron chi connectivity index (χ2n) is 18.6. The van der Waals surface area contributed by atoms with Crippen molar-refractivity contribution in [3.05, 3.63) is 118 Å². The summed E-state index contributed by atoms with van der Waals surface area (Å²) in [5, 5.41) is 0. The largest absolute Gasteiger partial charge is 0.457 e. The molecule has 4 aromatic carbocycles. The number of nitrogens with zero attached hydrogens (tertiary/aromatic N) is 1. The Morgan fingerprint density at radius 3 is 1.96 bits per heavy atom. The van der Waals surface area contributed by atoms with Crippen LogP contribution in [0.5, 0.6) is 11.5 Å². The molecule has 0 aromatic heterocycles. The third-order valence-electron chi connectivity index (χ3n) is 14.7. The number of alkyl halides is 9. The van der Waals surface area contributed by atoms with E-state index in [9.17, 15) is 49.1 Å². The summed E-state index contributed by atoms with van der Waals surface area (Å²) in [5.74, 6) is -3.40. The van der Waals surface area contributed by atoms with E-state index in [0.717, 1.165) is 69.7 Å². The summed E-state index contributed by atoms with van der Waals surface area (Å²) >= 11 is 0. The van der Waals surface area contributed by atoms with Crippen molar-refractivity contribution in [2.24, 2.45) is 17.3 Å². The molecule has 2 fully saturated rings. The first-order valence-electron chi connectivity index (χ1n) is 23.0. The predicted octanol–water partition coefficient (Wildman–Crippen LogP) is 14.0. The molecule has 69 heavy (non-hydrogen) atoms. The lowest BCUT2D eigenvalue weighted by molar-refractivity contribution is -0.457. The number of ether oxygens (including phenoxy) is 4. The maximum atomic E-state index is 15.8. The highest BCUT2D eigenvalue weighted by atomic mass is 19.4. The summed E-state index contributed by atoms with van der Waals surface area (Å²) in [5.41, 5.74) is -1.68. The van der Waals surface area contributed by atoms with Crippen molar-refractivity contribution in [2.75, 3.05) is 26.4 Å². The zero-order valence-corrected chi connectivity index (χ0v) is 37.6. The van der Waals surface area contributed by atoms with Crippen LogP contribution in [-0.2, 0) is 20.6 Å². The average molecular weight is 982 g/mol. The number of rotatable bonds is 14. The summed E-state index contributed by atoms with van der Waals surface area (Å²) in [7, 11) is 0. The summed E-state index contributed by atoms with van der Waals surface area (Å²) in [4.78, 5) is 28.0. The zero-order chi connectivity index (χ0) is 49.7. The van der Waals surface area contributed by atoms with E-state index in [1.165, 1.54) is 0 Å². The number of hydrogen-bond acceptors (Lipinski definition) is 6. The van der Waals surface area contributed by atoms with Gasteiger partial charge in [0.25, 0.3) is 5.91 Å². The Morgan fingerprint density at radius 2 is 1.35 bits per heavy atom. The molecule has 8 rings (SSSR count). The van der Waals surface area contributed by atoms with Gasteiger partial charge in [0.2, 0.25) is 0 Å². The van der Waals surface area contributed by atoms with Gasteiger partial charge in [-0.2, -0.15) is 39.5 Å². The normalized spacial score (nSPS) is 22.3. The monoisotopic (exact) mass is 981 g/mol. The fourth-order valence-electron chi connectivity index (χ4n) is 11.4. The van der Waals surface area contributed by atoms with Gasteiger partial charge in [-0.1, -0.05) is 74.9 Å². The molecule has 0 spiro atoms. The van der Waals surface area contributed by atoms with E-state index in [2.05, 4.69) is 4.74 Å². The van der Waals surface area contributed by atoms with Crippen molar-refractivity contribution < 1.29 is 76.8 Å². The number of benzene rings is 4. The highest BCUT2D eigenvalue weighted by molar-refractivity contribution is 6.03. The molecule has 4 aliphatic carbocycles. The van der Waals surface area contributed by atoms with Crippen molar-refractivity contribution in [1.82, 2.24) is 4.90 Å². The maximum absolute atomic E-state index is 15.8. The third-order valence-corrected chi connectivity index (χ3v) is 14.7. The van der Waals surface area contributed by atoms with Crippen molar-refractivity contribution in [3.63, 3.8) is 0 Å². The molecule has 2 saturated carbocycles. The van der Waals surface area contributed by atoms with Crippen LogP contribution in [0.2, 0.25) is 0 Å². The predicted molar refractivity (Wildman–Crippen MR) is 230 cm³/mol. The Labute approximate surface area is 391 Å². The Morgan fingerprint density at radius 1 is 0.725 bits per heavy atom. The van der Waals surface area contributed by atoms with E-state index in [0.29, 0.717) is 37.9 Å². The lowest BCUT2D eigenvalue weighted by atomic mass is 9.55. The van der Waals surface area contributed by atoms with Crippen LogP contribution in [-0.4, -0.2) is 73.5 Å². The highest BCUT2D eigenvalue weighted by Crippen LogP contribution is 2.62. The van der Waals surface area contributed by atoms with Crippen LogP contribution < -0.4 is 4.74 Å². The quantitative estimate of drug-likeness (QED) is 0.0926. The molecule has 0 aliphatic heterocycles. The number of carbonyl (C=O) groups excluding carboxylic acids is 2. The molecular weight excluding hydrogens is 932 g/mol. The van der Waals surface area contributed by atoms with Gasteiger partial charge in [-0.15, -0.1) is 0 Å². The van der Waals surface area contributed by atoms with Crippen LogP contribution >= 0.6 is 0 Å². The summed E-state index contributed by atoms with van der Waals surface area (Å²) < 4.78 is 172. The number of halogens is 11. The van der Waals surface area contributed by atoms with E-state index in [1.54, 1.807) is 12.1 Å². The Bertz CT molecular complexity index is 2440. The minimum atomic E-state index is -6.80. The highest BCUT2D eigenvalue weighted by Gasteiger charge is 2.85. The van der Waals surface area contributed by atoms with Crippen LogP contribution in [0.4, 0.5) is 53.1 Å². The van der Waals surface area contributed by atoms with Gasteiger partial charge >= 0.3 is 30.2 Å². The molecule has 2 amide bonds. The molecule has 0 saturated heterocycles. The smallest absolute Gasteiger partial charge is 0.435 e. The first-order chi connectivity index (χ1) is 32.6. The molecule has 5 atom stereocenters. The third kappa shape index (κ3) is 9.20. The van der Waals surface area contributed by atoms with Gasteiger partial charge in [-0.05, 0) is 120 Å². The Kier molecular flexibility index (Phi) is 13.9. The topological polar surface area (TPSA) is 74.3 Å². The first-order valence-corrected chi connectivity index (χ1v) is 23.0. The number of unbranched alkanes of at least 4 members (excludes halogenated alkanes) is 1. The minimum absolute atomic E-state index is 0.0980. The molecule has 0 N–H and O–H groups in total. The summed E-state index contributed by atoms with van der Waals surface area (Å²) in [6.45, 7) is 1.75. The second kappa shape index (κ2) is 19.2. The van der Waals surface area contributed by atoms with Gasteiger partial charge in [-0.25, -0.2) is 18.5 Å². The molecule has 4 aromatic rings. The number of carbonyl (C=O) groups is 2. The van der Waals surface area contributed by atoms with Gasteiger partial charge in [0, 0.05) is 31.2 Å². The van der Waals surface area contributed by atoms with Crippen LogP contribution in [0, 0.1) is 28.9 Å². The van der Waals surface area contributed by atoms with Gasteiger partial charge in [0.05, 0.1) is 12.7 Å². The van der Waals surface area contributed by atoms with Crippen LogP contribution in [0.15, 0.2) is 78.9 Å². The van der Waals surface area contributed by atoms with E-state index < -0.39 is 84.5 Å². The van der Waals surface area contributed by atoms with Gasteiger partial charge in [-0.3, -0.25) is 4.79 Å². The molecule has 18 heteroatoms. The van der Waals surface area contributed by atoms with Gasteiger partial charge < -0.3 is 18.9 Å². The number of imide groups is 1. The molecule has 0 bridgehead atoms. The van der Waals surface area contributed by atoms with Gasteiger partial charge in [0.1, 0.15) is 35.3 Å². The Hall–Kier alpha value is -5.23. The number of aryl methyl sites for hydroxylation is 1. The number of hydrogen-bond donors (Lipinski definition) is 0. The van der Waals surface area contributed by atoms with Crippen molar-refractivity contribution in [2.45, 2.75) is 114 Å². The maximum Gasteiger partial charge on any atom is 0.435 e. The zero-order valence-electron chi connectivity index (χ0n) is 37.6. The second-order valence-corrected chi connectivity index (χ2v) is 18.6. The van der Waals surface area contributed by atoms with Crippen LogP contribution in [0.25, 0.3) is 11.1 Å². The Balaban J connectivity index is 0.885. The van der Waals surface area contributed by atoms with Crippen molar-refractivity contribution in [1.29, 1.82) is 0 Å². The molecule has 372 valence electrons. The lowest BCUT2D eigenvalue weighted by Crippen LogP contribution is -2.67. The fourth-order valence-corrected chi connectivity index (χ4v) is 11.4. The SMILES string of the molecule is CCCCN(C(=O)OCC1c2ccccc2-c2ccccc21)C(=O)c1c(F)cc(Oc2ccc3c(c2)CC[C@@H]2[C@@H]3CC[C@]3(C)[C@@H](OCCCOC(C(F)(F)F)(C(F)(F)F)C(F)(F)F)CC[C@@H]23)cc1F.